The third kappa shape index (κ3) is 1.76. The summed E-state index contributed by atoms with van der Waals surface area (Å²) in [5.74, 6) is -1.69. The van der Waals surface area contributed by atoms with E-state index in [-0.39, 0.29) is 22.5 Å². The summed E-state index contributed by atoms with van der Waals surface area (Å²) in [6.45, 7) is 0. The molecule has 1 aliphatic heterocycles. The van der Waals surface area contributed by atoms with E-state index in [1.165, 1.54) is 0 Å². The Bertz CT molecular complexity index is 226. The summed E-state index contributed by atoms with van der Waals surface area (Å²) >= 11 is 1.88. The van der Waals surface area contributed by atoms with Crippen LogP contribution in [0.25, 0.3) is 0 Å². The third-order valence-corrected chi connectivity index (χ3v) is 2.24. The fourth-order valence-electron chi connectivity index (χ4n) is 0.907. The maximum absolute atomic E-state index is 10.9. The Kier molecular flexibility index (Phi) is 2.58. The Hall–Kier alpha value is -0.460. The maximum Gasteiger partial charge on any atom is 0.237 e. The number of hydrogen-bond acceptors (Lipinski definition) is 3. The molecule has 0 bridgehead atoms. The molecule has 0 aliphatic carbocycles. The van der Waals surface area contributed by atoms with Gasteiger partial charge in [-0.25, -0.2) is 0 Å². The molecule has 60 valence electrons. The van der Waals surface area contributed by atoms with E-state index in [1.54, 1.807) is 0 Å². The molecule has 1 unspecified atom stereocenters. The highest BCUT2D eigenvalue weighted by molar-refractivity contribution is 14.1. The van der Waals surface area contributed by atoms with Gasteiger partial charge >= 0.3 is 0 Å². The zero-order valence-corrected chi connectivity index (χ0v) is 7.75. The second-order valence-electron chi connectivity index (χ2n) is 2.27. The zero-order chi connectivity index (χ0) is 8.43. The fraction of sp³-hybridized carbons (Fsp3) is 0.500. The molecule has 1 atom stereocenters. The van der Waals surface area contributed by atoms with E-state index in [0.717, 1.165) is 0 Å². The summed E-state index contributed by atoms with van der Waals surface area (Å²) in [7, 11) is 0. The summed E-state index contributed by atoms with van der Waals surface area (Å²) in [6.07, 6.45) is 0.0284. The Morgan fingerprint density at radius 3 is 2.64 bits per heavy atom. The largest absolute Gasteiger partial charge is 0.298 e. The van der Waals surface area contributed by atoms with Crippen molar-refractivity contribution in [2.24, 2.45) is 5.92 Å². The van der Waals surface area contributed by atoms with Crippen molar-refractivity contribution in [3.05, 3.63) is 0 Å². The molecule has 0 aromatic rings. The van der Waals surface area contributed by atoms with Gasteiger partial charge < -0.3 is 0 Å². The number of rotatable bonds is 2. The number of carbonyl (C=O) groups excluding carboxylic acids is 3. The predicted octanol–water partition coefficient (Wildman–Crippen LogP) is -0.347. The van der Waals surface area contributed by atoms with Crippen molar-refractivity contribution >= 4 is 40.2 Å². The summed E-state index contributed by atoms with van der Waals surface area (Å²) in [5, 5.41) is 2.08. The van der Waals surface area contributed by atoms with Gasteiger partial charge in [0, 0.05) is 6.42 Å². The molecule has 0 saturated carbocycles. The molecule has 1 rings (SSSR count). The van der Waals surface area contributed by atoms with Gasteiger partial charge in [-0.05, 0) is 0 Å². The van der Waals surface area contributed by atoms with E-state index in [2.05, 4.69) is 5.32 Å². The first kappa shape index (κ1) is 8.63. The molecular weight excluding hydrogens is 261 g/mol. The number of alkyl halides is 1. The molecule has 1 heterocycles. The van der Waals surface area contributed by atoms with Crippen LogP contribution in [-0.2, 0) is 14.4 Å². The summed E-state index contributed by atoms with van der Waals surface area (Å²) in [5.41, 5.74) is 0. The van der Waals surface area contributed by atoms with Crippen molar-refractivity contribution in [2.45, 2.75) is 6.42 Å². The number of amides is 2. The average molecular weight is 267 g/mol. The topological polar surface area (TPSA) is 63.2 Å². The van der Waals surface area contributed by atoms with Crippen molar-refractivity contribution in [1.29, 1.82) is 0 Å². The molecule has 1 N–H and O–H groups in total. The van der Waals surface area contributed by atoms with Gasteiger partial charge in [0.2, 0.25) is 11.8 Å². The lowest BCUT2D eigenvalue weighted by molar-refractivity contribution is -0.130. The van der Waals surface area contributed by atoms with Crippen LogP contribution in [0.2, 0.25) is 0 Å². The molecule has 1 saturated heterocycles. The molecule has 11 heavy (non-hydrogen) atoms. The molecule has 1 fully saturated rings. The van der Waals surface area contributed by atoms with Crippen molar-refractivity contribution in [3.8, 4) is 0 Å². The quantitative estimate of drug-likeness (QED) is 0.322. The normalized spacial score (nSPS) is 23.5. The number of Topliss-reactive ketones (excluding diaryl/α,β-unsaturated/α-hetero) is 1. The molecule has 5 heteroatoms. The maximum atomic E-state index is 10.9. The van der Waals surface area contributed by atoms with Crippen LogP contribution in [0.3, 0.4) is 0 Å². The number of ketones is 1. The predicted molar refractivity (Wildman–Crippen MR) is 45.2 cm³/mol. The molecule has 0 aromatic carbocycles. The summed E-state index contributed by atoms with van der Waals surface area (Å²) in [6, 6.07) is 0. The third-order valence-electron chi connectivity index (χ3n) is 1.49. The smallest absolute Gasteiger partial charge is 0.237 e. The van der Waals surface area contributed by atoms with E-state index in [1.807, 2.05) is 22.6 Å². The Morgan fingerprint density at radius 1 is 1.64 bits per heavy atom. The minimum absolute atomic E-state index is 0.0284. The first-order valence-electron chi connectivity index (χ1n) is 3.07. The van der Waals surface area contributed by atoms with Crippen LogP contribution in [0.4, 0.5) is 0 Å². The molecule has 4 nitrogen and oxygen atoms in total. The monoisotopic (exact) mass is 267 g/mol. The van der Waals surface area contributed by atoms with Crippen molar-refractivity contribution in [1.82, 2.24) is 5.32 Å². The molecule has 1 aliphatic rings. The Morgan fingerprint density at radius 2 is 2.27 bits per heavy atom. The fourth-order valence-corrected chi connectivity index (χ4v) is 1.44. The van der Waals surface area contributed by atoms with Gasteiger partial charge in [0.25, 0.3) is 0 Å². The summed E-state index contributed by atoms with van der Waals surface area (Å²) in [4.78, 5) is 32.4. The van der Waals surface area contributed by atoms with Crippen LogP contribution in [0.5, 0.6) is 0 Å². The van der Waals surface area contributed by atoms with E-state index < -0.39 is 11.8 Å². The van der Waals surface area contributed by atoms with Gasteiger partial charge in [-0.15, -0.1) is 0 Å². The molecule has 0 aromatic heterocycles. The van der Waals surface area contributed by atoms with E-state index in [9.17, 15) is 14.4 Å². The zero-order valence-electron chi connectivity index (χ0n) is 5.59. The van der Waals surface area contributed by atoms with Crippen LogP contribution < -0.4 is 5.32 Å². The van der Waals surface area contributed by atoms with Gasteiger partial charge in [0.15, 0.2) is 5.78 Å². The lowest BCUT2D eigenvalue weighted by Crippen LogP contribution is -2.26. The van der Waals surface area contributed by atoms with Gasteiger partial charge in [0.1, 0.15) is 5.92 Å². The van der Waals surface area contributed by atoms with E-state index in [4.69, 9.17) is 0 Å². The molecule has 0 spiro atoms. The number of carbonyl (C=O) groups is 3. The van der Waals surface area contributed by atoms with E-state index >= 15 is 0 Å². The van der Waals surface area contributed by atoms with E-state index in [0.29, 0.717) is 0 Å². The van der Waals surface area contributed by atoms with Crippen molar-refractivity contribution in [3.63, 3.8) is 0 Å². The number of nitrogens with one attached hydrogen (secondary N) is 1. The van der Waals surface area contributed by atoms with Gasteiger partial charge in [-0.1, -0.05) is 22.6 Å². The minimum Gasteiger partial charge on any atom is -0.298 e. The van der Waals surface area contributed by atoms with Gasteiger partial charge in [0.05, 0.1) is 4.43 Å². The standard InChI is InChI=1S/C6H6INO3/c7-2-4(9)3-1-5(10)8-6(3)11/h3H,1-2H2,(H,8,10,11). The van der Waals surface area contributed by atoms with Gasteiger partial charge in [-0.3, -0.25) is 19.7 Å². The average Bonchev–Trinajstić information content (AvgIpc) is 2.28. The van der Waals surface area contributed by atoms with Gasteiger partial charge in [-0.2, -0.15) is 0 Å². The number of imide groups is 1. The first-order chi connectivity index (χ1) is 5.15. The number of halogens is 1. The van der Waals surface area contributed by atoms with Crippen LogP contribution in [0.1, 0.15) is 6.42 Å². The number of hydrogen-bond donors (Lipinski definition) is 1. The lowest BCUT2D eigenvalue weighted by Gasteiger charge is -1.98. The highest BCUT2D eigenvalue weighted by Crippen LogP contribution is 2.12. The Labute approximate surface area is 76.9 Å². The second-order valence-corrected chi connectivity index (χ2v) is 3.03. The highest BCUT2D eigenvalue weighted by Gasteiger charge is 2.35. The Balaban J connectivity index is 2.67. The molecular formula is C6H6INO3. The van der Waals surface area contributed by atoms with Crippen LogP contribution in [0.15, 0.2) is 0 Å². The molecule has 2 amide bonds. The first-order valence-corrected chi connectivity index (χ1v) is 4.60. The van der Waals surface area contributed by atoms with Crippen molar-refractivity contribution < 1.29 is 14.4 Å². The molecule has 0 radical (unpaired) electrons. The highest BCUT2D eigenvalue weighted by atomic mass is 127. The summed E-state index contributed by atoms with van der Waals surface area (Å²) < 4.78 is 0.281. The van der Waals surface area contributed by atoms with Crippen molar-refractivity contribution in [2.75, 3.05) is 4.43 Å². The SMILES string of the molecule is O=C1CC(C(=O)CI)C(=O)N1. The van der Waals surface area contributed by atoms with Crippen LogP contribution in [-0.4, -0.2) is 22.0 Å². The van der Waals surface area contributed by atoms with Crippen LogP contribution >= 0.6 is 22.6 Å². The van der Waals surface area contributed by atoms with Crippen LogP contribution in [0, 0.1) is 5.92 Å². The second kappa shape index (κ2) is 3.29. The minimum atomic E-state index is -0.723. The lowest BCUT2D eigenvalue weighted by atomic mass is 10.0.